The van der Waals surface area contributed by atoms with Gasteiger partial charge in [-0.3, -0.25) is 0 Å². The average Bonchev–Trinajstić information content (AvgIpc) is 3.08. The van der Waals surface area contributed by atoms with Gasteiger partial charge in [0.25, 0.3) is 0 Å². The number of aromatic nitrogens is 1. The first kappa shape index (κ1) is 19.0. The molecule has 6 nitrogen and oxygen atoms in total. The van der Waals surface area contributed by atoms with Crippen LogP contribution in [0.5, 0.6) is 0 Å². The van der Waals surface area contributed by atoms with Crippen LogP contribution >= 0.6 is 11.3 Å². The third-order valence-corrected chi connectivity index (χ3v) is 6.95. The zero-order valence-electron chi connectivity index (χ0n) is 14.3. The lowest BCUT2D eigenvalue weighted by atomic mass is 9.97. The molecule has 0 atom stereocenters. The van der Waals surface area contributed by atoms with Gasteiger partial charge in [0.2, 0.25) is 10.0 Å². The van der Waals surface area contributed by atoms with Crippen molar-refractivity contribution in [3.8, 4) is 10.6 Å². The van der Waals surface area contributed by atoms with E-state index in [-0.39, 0.29) is 16.6 Å². The first-order valence-electron chi connectivity index (χ1n) is 8.77. The molecule has 1 aliphatic carbocycles. The molecule has 8 heteroatoms. The Morgan fingerprint density at radius 1 is 1.15 bits per heavy atom. The third-order valence-electron chi connectivity index (χ3n) is 4.54. The Labute approximate surface area is 157 Å². The second kappa shape index (κ2) is 8.28. The van der Waals surface area contributed by atoms with Gasteiger partial charge in [-0.25, -0.2) is 22.9 Å². The lowest BCUT2D eigenvalue weighted by Crippen LogP contribution is -2.35. The number of benzene rings is 1. The maximum absolute atomic E-state index is 12.8. The van der Waals surface area contributed by atoms with Crippen molar-refractivity contribution >= 4 is 27.3 Å². The predicted octanol–water partition coefficient (Wildman–Crippen LogP) is 3.90. The van der Waals surface area contributed by atoms with Crippen LogP contribution in [-0.4, -0.2) is 30.5 Å². The summed E-state index contributed by atoms with van der Waals surface area (Å²) in [5.41, 5.74) is 0.564. The highest BCUT2D eigenvalue weighted by Gasteiger charge is 2.21. The molecule has 1 saturated carbocycles. The standard InChI is InChI=1S/C18H22N2O4S2/c21-18(22)16-12-25-17(19-16)13-7-6-10-15(11-13)26(23,24)20-14-8-4-2-1-3-5-9-14/h6-7,10-12,14,20H,1-5,8-9H2,(H,21,22). The molecule has 1 heterocycles. The molecule has 26 heavy (non-hydrogen) atoms. The summed E-state index contributed by atoms with van der Waals surface area (Å²) in [6, 6.07) is 6.47. The Kier molecular flexibility index (Phi) is 6.05. The lowest BCUT2D eigenvalue weighted by Gasteiger charge is -2.21. The van der Waals surface area contributed by atoms with Crippen molar-refractivity contribution in [1.29, 1.82) is 0 Å². The monoisotopic (exact) mass is 394 g/mol. The van der Waals surface area contributed by atoms with Crippen LogP contribution in [0.2, 0.25) is 0 Å². The molecule has 1 aromatic carbocycles. The fourth-order valence-corrected chi connectivity index (χ4v) is 5.30. The number of nitrogens with zero attached hydrogens (tertiary/aromatic N) is 1. The first-order valence-corrected chi connectivity index (χ1v) is 11.1. The number of hydrogen-bond donors (Lipinski definition) is 2. The molecule has 0 amide bonds. The molecule has 0 aliphatic heterocycles. The van der Waals surface area contributed by atoms with E-state index in [9.17, 15) is 13.2 Å². The van der Waals surface area contributed by atoms with Gasteiger partial charge in [-0.1, -0.05) is 44.2 Å². The zero-order chi connectivity index (χ0) is 18.6. The molecule has 1 aliphatic rings. The quantitative estimate of drug-likeness (QED) is 0.802. The van der Waals surface area contributed by atoms with E-state index >= 15 is 0 Å². The number of nitrogens with one attached hydrogen (secondary N) is 1. The van der Waals surface area contributed by atoms with Crippen molar-refractivity contribution < 1.29 is 18.3 Å². The number of hydrogen-bond acceptors (Lipinski definition) is 5. The van der Waals surface area contributed by atoms with Crippen molar-refractivity contribution in [3.05, 3.63) is 35.3 Å². The van der Waals surface area contributed by atoms with Gasteiger partial charge in [0.05, 0.1) is 4.90 Å². The summed E-state index contributed by atoms with van der Waals surface area (Å²) >= 11 is 1.18. The molecule has 3 rings (SSSR count). The minimum absolute atomic E-state index is 0.0255. The highest BCUT2D eigenvalue weighted by molar-refractivity contribution is 7.89. The Morgan fingerprint density at radius 3 is 2.50 bits per heavy atom. The number of carboxylic acid groups (broad SMARTS) is 1. The summed E-state index contributed by atoms with van der Waals surface area (Å²) in [6.07, 6.45) is 7.37. The van der Waals surface area contributed by atoms with Crippen molar-refractivity contribution in [2.45, 2.75) is 55.9 Å². The number of carbonyl (C=O) groups is 1. The fraction of sp³-hybridized carbons (Fsp3) is 0.444. The smallest absolute Gasteiger partial charge is 0.355 e. The van der Waals surface area contributed by atoms with Crippen molar-refractivity contribution in [2.24, 2.45) is 0 Å². The molecule has 0 unspecified atom stereocenters. The van der Waals surface area contributed by atoms with E-state index in [4.69, 9.17) is 5.11 Å². The van der Waals surface area contributed by atoms with Gasteiger partial charge in [-0.15, -0.1) is 11.3 Å². The average molecular weight is 395 g/mol. The highest BCUT2D eigenvalue weighted by Crippen LogP contribution is 2.26. The summed E-state index contributed by atoms with van der Waals surface area (Å²) in [6.45, 7) is 0. The molecular weight excluding hydrogens is 372 g/mol. The normalized spacial score (nSPS) is 16.8. The van der Waals surface area contributed by atoms with E-state index in [1.807, 2.05) is 0 Å². The van der Waals surface area contributed by atoms with E-state index in [2.05, 4.69) is 9.71 Å². The van der Waals surface area contributed by atoms with Gasteiger partial charge in [0.1, 0.15) is 5.01 Å². The second-order valence-electron chi connectivity index (χ2n) is 6.53. The summed E-state index contributed by atoms with van der Waals surface area (Å²) in [5.74, 6) is -1.10. The van der Waals surface area contributed by atoms with Crippen LogP contribution in [0.4, 0.5) is 0 Å². The van der Waals surface area contributed by atoms with Crippen molar-refractivity contribution in [3.63, 3.8) is 0 Å². The van der Waals surface area contributed by atoms with Gasteiger partial charge in [-0.2, -0.15) is 0 Å². The Morgan fingerprint density at radius 2 is 1.85 bits per heavy atom. The van der Waals surface area contributed by atoms with Gasteiger partial charge < -0.3 is 5.11 Å². The first-order chi connectivity index (χ1) is 12.5. The fourth-order valence-electron chi connectivity index (χ4n) is 3.16. The molecule has 140 valence electrons. The molecule has 0 spiro atoms. The predicted molar refractivity (Wildman–Crippen MR) is 101 cm³/mol. The summed E-state index contributed by atoms with van der Waals surface area (Å²) in [5, 5.41) is 10.9. The summed E-state index contributed by atoms with van der Waals surface area (Å²) in [7, 11) is -3.62. The highest BCUT2D eigenvalue weighted by atomic mass is 32.2. The van der Waals surface area contributed by atoms with Crippen molar-refractivity contribution in [2.75, 3.05) is 0 Å². The number of carboxylic acids is 1. The topological polar surface area (TPSA) is 96.4 Å². The van der Waals surface area contributed by atoms with Crippen molar-refractivity contribution in [1.82, 2.24) is 9.71 Å². The zero-order valence-corrected chi connectivity index (χ0v) is 16.0. The van der Waals surface area contributed by atoms with Crippen LogP contribution < -0.4 is 4.72 Å². The number of aromatic carboxylic acids is 1. The largest absolute Gasteiger partial charge is 0.476 e. The Hall–Kier alpha value is -1.77. The van der Waals surface area contributed by atoms with Crippen LogP contribution in [0.15, 0.2) is 34.5 Å². The van der Waals surface area contributed by atoms with Crippen LogP contribution in [0.25, 0.3) is 10.6 Å². The molecule has 0 bridgehead atoms. The minimum Gasteiger partial charge on any atom is -0.476 e. The maximum atomic E-state index is 12.8. The van der Waals surface area contributed by atoms with Gasteiger partial charge >= 0.3 is 5.97 Å². The molecule has 0 radical (unpaired) electrons. The Bertz CT molecular complexity index is 869. The number of rotatable bonds is 5. The number of sulfonamides is 1. The van der Waals surface area contributed by atoms with E-state index in [0.717, 1.165) is 38.5 Å². The van der Waals surface area contributed by atoms with Gasteiger partial charge in [0.15, 0.2) is 5.69 Å². The summed E-state index contributed by atoms with van der Waals surface area (Å²) < 4.78 is 28.4. The van der Waals surface area contributed by atoms with Crippen LogP contribution in [0.1, 0.15) is 55.4 Å². The molecular formula is C18H22N2O4S2. The van der Waals surface area contributed by atoms with E-state index < -0.39 is 16.0 Å². The van der Waals surface area contributed by atoms with E-state index in [0.29, 0.717) is 10.6 Å². The minimum atomic E-state index is -3.62. The van der Waals surface area contributed by atoms with Crippen LogP contribution in [0.3, 0.4) is 0 Å². The van der Waals surface area contributed by atoms with E-state index in [1.54, 1.807) is 24.3 Å². The van der Waals surface area contributed by atoms with Crippen LogP contribution in [0, 0.1) is 0 Å². The van der Waals surface area contributed by atoms with Crippen LogP contribution in [-0.2, 0) is 10.0 Å². The van der Waals surface area contributed by atoms with Gasteiger partial charge in [-0.05, 0) is 25.0 Å². The number of thiazole rings is 1. The Balaban J connectivity index is 1.80. The second-order valence-corrected chi connectivity index (χ2v) is 9.11. The SMILES string of the molecule is O=C(O)c1csc(-c2cccc(S(=O)(=O)NC3CCCCCCC3)c2)n1. The van der Waals surface area contributed by atoms with E-state index in [1.165, 1.54) is 23.1 Å². The molecule has 2 aromatic rings. The van der Waals surface area contributed by atoms with Gasteiger partial charge in [0, 0.05) is 17.0 Å². The molecule has 0 saturated heterocycles. The lowest BCUT2D eigenvalue weighted by molar-refractivity contribution is 0.0691. The molecule has 2 N–H and O–H groups in total. The molecule has 1 aromatic heterocycles. The maximum Gasteiger partial charge on any atom is 0.355 e. The summed E-state index contributed by atoms with van der Waals surface area (Å²) in [4.78, 5) is 15.2. The molecule has 1 fully saturated rings. The third kappa shape index (κ3) is 4.69.